The lowest BCUT2D eigenvalue weighted by atomic mass is 9.54. The normalized spacial score (nSPS) is 31.9. The largest absolute Gasteiger partial charge is 0.497 e. The van der Waals surface area contributed by atoms with Crippen molar-refractivity contribution in [2.24, 2.45) is 17.8 Å². The third kappa shape index (κ3) is 3.35. The van der Waals surface area contributed by atoms with E-state index in [0.29, 0.717) is 12.0 Å². The Morgan fingerprint density at radius 2 is 2.11 bits per heavy atom. The van der Waals surface area contributed by atoms with E-state index in [9.17, 15) is 4.79 Å². The fourth-order valence-electron chi connectivity index (χ4n) is 5.47. The highest BCUT2D eigenvalue weighted by Crippen LogP contribution is 2.56. The molecule has 1 aromatic carbocycles. The van der Waals surface area contributed by atoms with E-state index in [1.165, 1.54) is 44.0 Å². The van der Waals surface area contributed by atoms with Crippen LogP contribution in [0.15, 0.2) is 30.4 Å². The Balaban J connectivity index is 1.69. The number of methoxy groups -OCH3 is 2. The van der Waals surface area contributed by atoms with Crippen LogP contribution in [0.2, 0.25) is 0 Å². The SMILES string of the molecule is COC(=O)/C=C/C[C@]12CCC(CC3CC3)C(Nc3ccc(OC)cc31)[C@@H]2C. The maximum absolute atomic E-state index is 11.6. The molecule has 4 heteroatoms. The predicted molar refractivity (Wildman–Crippen MR) is 107 cm³/mol. The summed E-state index contributed by atoms with van der Waals surface area (Å²) in [7, 11) is 3.15. The van der Waals surface area contributed by atoms with Crippen LogP contribution < -0.4 is 10.1 Å². The monoisotopic (exact) mass is 369 g/mol. The Hall–Kier alpha value is -1.97. The van der Waals surface area contributed by atoms with Crippen molar-refractivity contribution < 1.29 is 14.3 Å². The van der Waals surface area contributed by atoms with E-state index in [0.717, 1.165) is 30.4 Å². The van der Waals surface area contributed by atoms with Crippen LogP contribution in [0, 0.1) is 17.8 Å². The van der Waals surface area contributed by atoms with Crippen molar-refractivity contribution in [3.63, 3.8) is 0 Å². The second-order valence-corrected chi connectivity index (χ2v) is 8.63. The Bertz CT molecular complexity index is 739. The molecule has 3 aliphatic rings. The molecule has 0 saturated heterocycles. The average Bonchev–Trinajstić information content (AvgIpc) is 3.49. The number of fused-ring (bicyclic) bond motifs is 4. The highest BCUT2D eigenvalue weighted by molar-refractivity contribution is 5.81. The third-order valence-corrected chi connectivity index (χ3v) is 7.23. The number of ether oxygens (including phenoxy) is 2. The van der Waals surface area contributed by atoms with Crippen molar-refractivity contribution in [3.8, 4) is 5.75 Å². The first-order valence-corrected chi connectivity index (χ1v) is 10.3. The molecule has 1 N–H and O–H groups in total. The van der Waals surface area contributed by atoms with E-state index in [-0.39, 0.29) is 11.4 Å². The molecule has 0 radical (unpaired) electrons. The van der Waals surface area contributed by atoms with Crippen molar-refractivity contribution >= 4 is 11.7 Å². The van der Waals surface area contributed by atoms with Crippen molar-refractivity contribution in [2.45, 2.75) is 56.9 Å². The van der Waals surface area contributed by atoms with Crippen LogP contribution in [-0.2, 0) is 14.9 Å². The van der Waals surface area contributed by atoms with Gasteiger partial charge in [0.05, 0.1) is 14.2 Å². The number of hydrogen-bond donors (Lipinski definition) is 1. The molecule has 4 nitrogen and oxygen atoms in total. The van der Waals surface area contributed by atoms with Crippen LogP contribution in [-0.4, -0.2) is 26.2 Å². The fourth-order valence-corrected chi connectivity index (χ4v) is 5.47. The molecule has 1 aliphatic heterocycles. The van der Waals surface area contributed by atoms with Gasteiger partial charge in [-0.3, -0.25) is 0 Å². The van der Waals surface area contributed by atoms with Gasteiger partial charge in [-0.2, -0.15) is 0 Å². The Kier molecular flexibility index (Phi) is 4.92. The maximum Gasteiger partial charge on any atom is 0.330 e. The molecular weight excluding hydrogens is 338 g/mol. The number of benzene rings is 1. The van der Waals surface area contributed by atoms with Crippen LogP contribution >= 0.6 is 0 Å². The molecule has 0 aromatic heterocycles. The molecule has 2 bridgehead atoms. The summed E-state index contributed by atoms with van der Waals surface area (Å²) < 4.78 is 10.3. The third-order valence-electron chi connectivity index (χ3n) is 7.23. The average molecular weight is 370 g/mol. The number of nitrogens with one attached hydrogen (secondary N) is 1. The van der Waals surface area contributed by atoms with Crippen LogP contribution in [0.5, 0.6) is 5.75 Å². The first-order valence-electron chi connectivity index (χ1n) is 10.3. The first-order chi connectivity index (χ1) is 13.1. The van der Waals surface area contributed by atoms with E-state index in [1.807, 2.05) is 12.1 Å². The van der Waals surface area contributed by atoms with Crippen LogP contribution in [0.3, 0.4) is 0 Å². The minimum atomic E-state index is -0.280. The predicted octanol–water partition coefficient (Wildman–Crippen LogP) is 4.69. The van der Waals surface area contributed by atoms with Gasteiger partial charge in [0.25, 0.3) is 0 Å². The molecule has 4 rings (SSSR count). The maximum atomic E-state index is 11.6. The molecule has 27 heavy (non-hydrogen) atoms. The van der Waals surface area contributed by atoms with Gasteiger partial charge >= 0.3 is 5.97 Å². The number of carbonyl (C=O) groups excluding carboxylic acids is 1. The fraction of sp³-hybridized carbons (Fsp3) is 0.609. The summed E-state index contributed by atoms with van der Waals surface area (Å²) in [5, 5.41) is 3.88. The van der Waals surface area contributed by atoms with Crippen molar-refractivity contribution in [3.05, 3.63) is 35.9 Å². The first kappa shape index (κ1) is 18.4. The highest BCUT2D eigenvalue weighted by Gasteiger charge is 2.52. The zero-order valence-corrected chi connectivity index (χ0v) is 16.7. The molecule has 2 unspecified atom stereocenters. The minimum absolute atomic E-state index is 0.0460. The summed E-state index contributed by atoms with van der Waals surface area (Å²) >= 11 is 0. The number of carbonyl (C=O) groups is 1. The summed E-state index contributed by atoms with van der Waals surface area (Å²) in [5.41, 5.74) is 2.63. The zero-order valence-electron chi connectivity index (χ0n) is 16.7. The molecule has 2 saturated carbocycles. The quantitative estimate of drug-likeness (QED) is 0.584. The van der Waals surface area contributed by atoms with E-state index in [1.54, 1.807) is 13.2 Å². The second kappa shape index (κ2) is 7.21. The summed E-state index contributed by atoms with van der Waals surface area (Å²) in [6.45, 7) is 2.39. The van der Waals surface area contributed by atoms with Gasteiger partial charge in [0.15, 0.2) is 0 Å². The van der Waals surface area contributed by atoms with Crippen molar-refractivity contribution in [1.29, 1.82) is 0 Å². The molecule has 1 heterocycles. The second-order valence-electron chi connectivity index (χ2n) is 8.63. The van der Waals surface area contributed by atoms with Crippen LogP contribution in [0.25, 0.3) is 0 Å². The zero-order chi connectivity index (χ0) is 19.0. The molecule has 0 amide bonds. The molecule has 4 atom stereocenters. The topological polar surface area (TPSA) is 47.6 Å². The summed E-state index contributed by atoms with van der Waals surface area (Å²) in [5.74, 6) is 2.83. The standard InChI is InChI=1S/C23H31NO3/c1-15-22-17(13-16-6-7-16)10-12-23(15,11-4-5-21(25)27-3)19-14-18(26-2)8-9-20(19)24-22/h4-5,8-9,14-17,22,24H,6-7,10-13H2,1-3H3/b5-4+/t15-,17?,22?,23+/m0/s1. The van der Waals surface area contributed by atoms with E-state index in [4.69, 9.17) is 9.47 Å². The van der Waals surface area contributed by atoms with Crippen LogP contribution in [0.4, 0.5) is 5.69 Å². The number of hydrogen-bond acceptors (Lipinski definition) is 4. The lowest BCUT2D eigenvalue weighted by Crippen LogP contribution is -2.54. The van der Waals surface area contributed by atoms with E-state index >= 15 is 0 Å². The lowest BCUT2D eigenvalue weighted by molar-refractivity contribution is -0.134. The number of esters is 1. The van der Waals surface area contributed by atoms with Gasteiger partial charge < -0.3 is 14.8 Å². The van der Waals surface area contributed by atoms with Gasteiger partial charge in [-0.05, 0) is 67.2 Å². The molecule has 2 aliphatic carbocycles. The summed E-state index contributed by atoms with van der Waals surface area (Å²) in [6, 6.07) is 6.92. The van der Waals surface area contributed by atoms with Gasteiger partial charge in [0.2, 0.25) is 0 Å². The number of rotatable bonds is 6. The molecule has 2 fully saturated rings. The van der Waals surface area contributed by atoms with Gasteiger partial charge in [-0.1, -0.05) is 25.8 Å². The van der Waals surface area contributed by atoms with E-state index in [2.05, 4.69) is 24.4 Å². The highest BCUT2D eigenvalue weighted by atomic mass is 16.5. The Labute approximate surface area is 162 Å². The van der Waals surface area contributed by atoms with Gasteiger partial charge in [0, 0.05) is 23.2 Å². The number of allylic oxidation sites excluding steroid dienone is 1. The van der Waals surface area contributed by atoms with Crippen molar-refractivity contribution in [1.82, 2.24) is 0 Å². The Morgan fingerprint density at radius 1 is 1.30 bits per heavy atom. The van der Waals surface area contributed by atoms with Gasteiger partial charge in [-0.15, -0.1) is 0 Å². The van der Waals surface area contributed by atoms with Gasteiger partial charge in [-0.25, -0.2) is 4.79 Å². The van der Waals surface area contributed by atoms with Crippen molar-refractivity contribution in [2.75, 3.05) is 19.5 Å². The molecule has 1 aromatic rings. The van der Waals surface area contributed by atoms with Gasteiger partial charge in [0.1, 0.15) is 5.75 Å². The molecule has 0 spiro atoms. The lowest BCUT2D eigenvalue weighted by Gasteiger charge is -2.55. The molecule has 146 valence electrons. The summed E-state index contributed by atoms with van der Waals surface area (Å²) in [6.07, 6.45) is 11.1. The minimum Gasteiger partial charge on any atom is -0.497 e. The van der Waals surface area contributed by atoms with Crippen LogP contribution in [0.1, 0.15) is 51.0 Å². The number of anilines is 1. The smallest absolute Gasteiger partial charge is 0.330 e. The van der Waals surface area contributed by atoms with E-state index < -0.39 is 0 Å². The summed E-state index contributed by atoms with van der Waals surface area (Å²) in [4.78, 5) is 11.6. The Morgan fingerprint density at radius 3 is 2.81 bits per heavy atom. The molecular formula is C23H31NO3.